The molecule has 3 N–H and O–H groups in total. The van der Waals surface area contributed by atoms with Crippen LogP contribution in [-0.4, -0.2) is 41.9 Å². The first-order valence-electron chi connectivity index (χ1n) is 12.7. The van der Waals surface area contributed by atoms with E-state index < -0.39 is 10.2 Å². The van der Waals surface area contributed by atoms with Crippen molar-refractivity contribution in [3.63, 3.8) is 0 Å². The lowest BCUT2D eigenvalue weighted by Crippen LogP contribution is -2.42. The van der Waals surface area contributed by atoms with Crippen molar-refractivity contribution < 1.29 is 8.42 Å². The van der Waals surface area contributed by atoms with Crippen molar-refractivity contribution in [2.45, 2.75) is 51.5 Å². The molecule has 1 saturated heterocycles. The van der Waals surface area contributed by atoms with Gasteiger partial charge in [0.2, 0.25) is 5.95 Å². The lowest BCUT2D eigenvalue weighted by Gasteiger charge is -2.33. The zero-order chi connectivity index (χ0) is 25.6. The Bertz CT molecular complexity index is 1520. The molecule has 0 bridgehead atoms. The highest BCUT2D eigenvalue weighted by Gasteiger charge is 2.29. The number of hydrogen-bond donors (Lipinski definition) is 3. The molecule has 6 rings (SSSR count). The molecule has 194 valence electrons. The van der Waals surface area contributed by atoms with Crippen LogP contribution < -0.4 is 26.0 Å². The molecular formula is C25H30N8O3S. The largest absolute Gasteiger partial charge is 0.371 e. The molecule has 2 fully saturated rings. The lowest BCUT2D eigenvalue weighted by molar-refractivity contribution is 0.493. The summed E-state index contributed by atoms with van der Waals surface area (Å²) in [5, 5.41) is 4.20. The van der Waals surface area contributed by atoms with Gasteiger partial charge in [-0.3, -0.25) is 14.8 Å². The minimum atomic E-state index is -3.59. The highest BCUT2D eigenvalue weighted by Crippen LogP contribution is 2.31. The summed E-state index contributed by atoms with van der Waals surface area (Å²) < 4.78 is 28.6. The summed E-state index contributed by atoms with van der Waals surface area (Å²) in [5.74, 6) is 1.06. The molecule has 11 nitrogen and oxygen atoms in total. The third kappa shape index (κ3) is 4.78. The molecule has 2 aromatic heterocycles. The topological polar surface area (TPSA) is 134 Å². The number of fused-ring (bicyclic) bond motifs is 1. The number of rotatable bonds is 5. The summed E-state index contributed by atoms with van der Waals surface area (Å²) in [6.07, 6.45) is 7.71. The summed E-state index contributed by atoms with van der Waals surface area (Å²) in [6, 6.07) is 9.98. The third-order valence-electron chi connectivity index (χ3n) is 7.59. The SMILES string of the molecule is Cc1cc(=O)n(C2CCCC2)c2nc(Nc3ccc(N4CCC(C5=NS(=O)(=O)NN5)CC4)cc3)ncc12. The number of anilines is 3. The van der Waals surface area contributed by atoms with E-state index in [1.54, 1.807) is 12.3 Å². The van der Waals surface area contributed by atoms with Gasteiger partial charge in [0.25, 0.3) is 5.56 Å². The summed E-state index contributed by atoms with van der Waals surface area (Å²) in [4.78, 5) is 26.6. The minimum absolute atomic E-state index is 0.00310. The molecule has 0 radical (unpaired) electrons. The van der Waals surface area contributed by atoms with Crippen molar-refractivity contribution in [3.05, 3.63) is 52.4 Å². The average molecular weight is 523 g/mol. The molecule has 0 spiro atoms. The van der Waals surface area contributed by atoms with E-state index in [1.165, 1.54) is 0 Å². The Balaban J connectivity index is 1.16. The first kappa shape index (κ1) is 23.9. The van der Waals surface area contributed by atoms with Gasteiger partial charge in [0.15, 0.2) is 0 Å². The maximum atomic E-state index is 12.9. The quantitative estimate of drug-likeness (QED) is 0.466. The summed E-state index contributed by atoms with van der Waals surface area (Å²) >= 11 is 0. The van der Waals surface area contributed by atoms with Gasteiger partial charge in [-0.15, -0.1) is 9.23 Å². The second-order valence-electron chi connectivity index (χ2n) is 10.0. The van der Waals surface area contributed by atoms with Gasteiger partial charge in [0.05, 0.1) is 0 Å². The molecule has 37 heavy (non-hydrogen) atoms. The number of hydrazine groups is 1. The van der Waals surface area contributed by atoms with Crippen molar-refractivity contribution in [1.29, 1.82) is 0 Å². The highest BCUT2D eigenvalue weighted by molar-refractivity contribution is 7.88. The zero-order valence-electron chi connectivity index (χ0n) is 20.6. The van der Waals surface area contributed by atoms with Crippen molar-refractivity contribution in [3.8, 4) is 0 Å². The van der Waals surface area contributed by atoms with E-state index in [-0.39, 0.29) is 17.5 Å². The highest BCUT2D eigenvalue weighted by atomic mass is 32.2. The zero-order valence-corrected chi connectivity index (χ0v) is 21.5. The minimum Gasteiger partial charge on any atom is -0.371 e. The first-order chi connectivity index (χ1) is 17.9. The number of hydrogen-bond acceptors (Lipinski definition) is 8. The second-order valence-corrected chi connectivity index (χ2v) is 11.4. The van der Waals surface area contributed by atoms with Crippen LogP contribution >= 0.6 is 0 Å². The van der Waals surface area contributed by atoms with Crippen LogP contribution in [-0.2, 0) is 10.2 Å². The number of nitrogens with zero attached hydrogens (tertiary/aromatic N) is 5. The molecule has 4 heterocycles. The standard InChI is InChI=1S/C25H30N8O3S/c1-16-14-22(34)33(20-4-2-3-5-20)24-21(16)15-26-25(28-24)27-18-6-8-19(9-7-18)32-12-10-17(11-13-32)23-29-31-37(35,36)30-23/h6-9,14-15,17,20,31H,2-5,10-13H2,1H3,(H,29,30)(H,26,27,28). The van der Waals surface area contributed by atoms with Crippen LogP contribution in [0.2, 0.25) is 0 Å². The third-order valence-corrected chi connectivity index (χ3v) is 8.38. The smallest absolute Gasteiger partial charge is 0.338 e. The van der Waals surface area contributed by atoms with Gasteiger partial charge in [0.1, 0.15) is 11.5 Å². The Hall–Kier alpha value is -3.51. The van der Waals surface area contributed by atoms with E-state index in [4.69, 9.17) is 4.98 Å². The van der Waals surface area contributed by atoms with E-state index >= 15 is 0 Å². The fourth-order valence-corrected chi connectivity index (χ4v) is 6.34. The number of pyridine rings is 1. The normalized spacial score (nSPS) is 20.2. The number of piperidine rings is 1. The number of amidine groups is 1. The predicted molar refractivity (Wildman–Crippen MR) is 143 cm³/mol. The number of aromatic nitrogens is 3. The molecule has 0 atom stereocenters. The number of aryl methyl sites for hydroxylation is 1. The Morgan fingerprint density at radius 1 is 1.05 bits per heavy atom. The van der Waals surface area contributed by atoms with Crippen LogP contribution in [0.15, 0.2) is 45.7 Å². The summed E-state index contributed by atoms with van der Waals surface area (Å²) in [7, 11) is -3.59. The molecule has 0 amide bonds. The molecule has 1 saturated carbocycles. The Labute approximate surface area is 215 Å². The van der Waals surface area contributed by atoms with E-state index in [0.717, 1.165) is 73.9 Å². The molecule has 3 aliphatic rings. The molecule has 2 aliphatic heterocycles. The fraction of sp³-hybridized carbons (Fsp3) is 0.440. The number of benzene rings is 1. The molecule has 3 aromatic rings. The monoisotopic (exact) mass is 522 g/mol. The molecular weight excluding hydrogens is 492 g/mol. The van der Waals surface area contributed by atoms with Crippen LogP contribution in [0.4, 0.5) is 17.3 Å². The van der Waals surface area contributed by atoms with Crippen LogP contribution in [0.25, 0.3) is 11.0 Å². The van der Waals surface area contributed by atoms with Crippen LogP contribution in [0, 0.1) is 12.8 Å². The Morgan fingerprint density at radius 3 is 2.46 bits per heavy atom. The summed E-state index contributed by atoms with van der Waals surface area (Å²) in [6.45, 7) is 3.55. The Kier molecular flexibility index (Phi) is 6.07. The van der Waals surface area contributed by atoms with Gasteiger partial charge >= 0.3 is 10.2 Å². The first-order valence-corrected chi connectivity index (χ1v) is 14.2. The molecule has 1 aliphatic carbocycles. The van der Waals surface area contributed by atoms with Crippen LogP contribution in [0.5, 0.6) is 0 Å². The summed E-state index contributed by atoms with van der Waals surface area (Å²) in [5.41, 5.74) is 6.24. The van der Waals surface area contributed by atoms with E-state index in [1.807, 2.05) is 23.6 Å². The van der Waals surface area contributed by atoms with Gasteiger partial charge in [-0.25, -0.2) is 4.98 Å². The fourth-order valence-electron chi connectivity index (χ4n) is 5.61. The number of nitrogens with one attached hydrogen (secondary N) is 3. The maximum Gasteiger partial charge on any atom is 0.338 e. The van der Waals surface area contributed by atoms with Gasteiger partial charge < -0.3 is 10.2 Å². The predicted octanol–water partition coefficient (Wildman–Crippen LogP) is 2.93. The van der Waals surface area contributed by atoms with Gasteiger partial charge in [0, 0.05) is 54.1 Å². The average Bonchev–Trinajstić information content (AvgIpc) is 3.54. The Morgan fingerprint density at radius 2 is 1.78 bits per heavy atom. The van der Waals surface area contributed by atoms with Crippen LogP contribution in [0.3, 0.4) is 0 Å². The van der Waals surface area contributed by atoms with Gasteiger partial charge in [-0.1, -0.05) is 12.8 Å². The molecule has 0 unspecified atom stereocenters. The van der Waals surface area contributed by atoms with Crippen LogP contribution in [0.1, 0.15) is 50.1 Å². The van der Waals surface area contributed by atoms with Gasteiger partial charge in [-0.2, -0.15) is 13.4 Å². The second kappa shape index (κ2) is 9.42. The van der Waals surface area contributed by atoms with Crippen molar-refractivity contribution in [1.82, 2.24) is 24.8 Å². The van der Waals surface area contributed by atoms with E-state index in [2.05, 4.69) is 42.0 Å². The van der Waals surface area contributed by atoms with E-state index in [9.17, 15) is 13.2 Å². The van der Waals surface area contributed by atoms with E-state index in [0.29, 0.717) is 17.4 Å². The van der Waals surface area contributed by atoms with Crippen molar-refractivity contribution in [2.75, 3.05) is 23.3 Å². The van der Waals surface area contributed by atoms with Crippen molar-refractivity contribution >= 4 is 44.4 Å². The maximum absolute atomic E-state index is 12.9. The molecule has 1 aromatic carbocycles. The van der Waals surface area contributed by atoms with Crippen molar-refractivity contribution in [2.24, 2.45) is 10.3 Å². The van der Waals surface area contributed by atoms with Gasteiger partial charge in [-0.05, 0) is 62.4 Å². The lowest BCUT2D eigenvalue weighted by atomic mass is 9.95. The molecule has 12 heteroatoms.